The molecule has 0 radical (unpaired) electrons. The molecule has 4 amide bonds. The Morgan fingerprint density at radius 1 is 0.324 bits per heavy atom. The van der Waals surface area contributed by atoms with Gasteiger partial charge in [0.2, 0.25) is 23.6 Å². The summed E-state index contributed by atoms with van der Waals surface area (Å²) in [5.74, 6) is 0.209. The highest BCUT2D eigenvalue weighted by Gasteiger charge is 2.24. The van der Waals surface area contributed by atoms with Crippen molar-refractivity contribution in [2.45, 2.75) is 289 Å². The van der Waals surface area contributed by atoms with Gasteiger partial charge in [0.15, 0.2) is 0 Å². The predicted molar refractivity (Wildman–Crippen MR) is 297 cm³/mol. The number of ketones is 1. The van der Waals surface area contributed by atoms with Crippen LogP contribution in [0.25, 0.3) is 0 Å². The lowest BCUT2D eigenvalue weighted by Crippen LogP contribution is -2.46. The van der Waals surface area contributed by atoms with Gasteiger partial charge in [-0.15, -0.1) is 0 Å². The van der Waals surface area contributed by atoms with Crippen molar-refractivity contribution in [3.63, 3.8) is 0 Å². The maximum Gasteiger partial charge on any atom is 0.229 e. The number of hydrogen-bond acceptors (Lipinski definition) is 6. The van der Waals surface area contributed by atoms with Gasteiger partial charge in [0.1, 0.15) is 12.2 Å². The minimum atomic E-state index is -0.293. The van der Waals surface area contributed by atoms with Crippen molar-refractivity contribution in [2.24, 2.45) is 37.9 Å². The topological polar surface area (TPSA) is 146 Å². The molecule has 0 fully saturated rings. The van der Waals surface area contributed by atoms with E-state index in [1.54, 1.807) is 0 Å². The molecule has 0 unspecified atom stereocenters. The third-order valence-corrected chi connectivity index (χ3v) is 8.88. The highest BCUT2D eigenvalue weighted by atomic mass is 16.2. The largest absolute Gasteiger partial charge is 0.355 e. The van der Waals surface area contributed by atoms with Gasteiger partial charge in [-0.2, -0.15) is 0 Å². The number of carbonyl (C=O) groups excluding carboxylic acids is 5. The molecule has 68 heavy (non-hydrogen) atoms. The molecule has 0 atom stereocenters. The second-order valence-electron chi connectivity index (χ2n) is 30.4. The molecular formula is C58H121N5O5. The van der Waals surface area contributed by atoms with Gasteiger partial charge in [0, 0.05) is 59.9 Å². The van der Waals surface area contributed by atoms with Gasteiger partial charge in [-0.25, -0.2) is 0 Å². The first-order valence-electron chi connectivity index (χ1n) is 26.0. The first kappa shape index (κ1) is 74.5. The molecular weight excluding hydrogens is 847 g/mol. The molecule has 10 heteroatoms. The molecule has 0 aromatic rings. The Bertz CT molecular complexity index is 1350. The summed E-state index contributed by atoms with van der Waals surface area (Å²) in [5.41, 5.74) is 0.709. The zero-order valence-corrected chi connectivity index (χ0v) is 51.2. The normalized spacial score (nSPS) is 12.8. The maximum atomic E-state index is 11.6. The Hall–Kier alpha value is -2.49. The number of carbonyl (C=O) groups is 5. The van der Waals surface area contributed by atoms with Crippen LogP contribution in [-0.4, -0.2) is 65.7 Å². The molecule has 5 N–H and O–H groups in total. The van der Waals surface area contributed by atoms with Crippen LogP contribution >= 0.6 is 0 Å². The number of amides is 4. The van der Waals surface area contributed by atoms with Crippen LogP contribution in [0.2, 0.25) is 0 Å². The molecule has 0 aromatic carbocycles. The van der Waals surface area contributed by atoms with E-state index in [0.717, 1.165) is 45.3 Å². The first-order chi connectivity index (χ1) is 29.6. The average Bonchev–Trinajstić information content (AvgIpc) is 3.00. The van der Waals surface area contributed by atoms with Crippen molar-refractivity contribution in [2.75, 3.05) is 19.6 Å². The monoisotopic (exact) mass is 968 g/mol. The lowest BCUT2D eigenvalue weighted by molar-refractivity contribution is -0.131. The van der Waals surface area contributed by atoms with Crippen LogP contribution < -0.4 is 26.6 Å². The number of hydrogen-bond donors (Lipinski definition) is 5. The molecule has 0 aliphatic heterocycles. The summed E-state index contributed by atoms with van der Waals surface area (Å²) in [6.45, 7) is 65.4. The number of nitrogens with one attached hydrogen (secondary N) is 5. The van der Waals surface area contributed by atoms with Gasteiger partial charge < -0.3 is 26.6 Å². The quantitative estimate of drug-likeness (QED) is 0.0866. The number of Topliss-reactive ketones (excluding diaryl/α,β-unsaturated/α-hetero) is 1. The van der Waals surface area contributed by atoms with E-state index in [9.17, 15) is 24.0 Å². The molecule has 0 rings (SSSR count). The van der Waals surface area contributed by atoms with Gasteiger partial charge in [-0.05, 0) is 115 Å². The molecule has 0 aromatic heterocycles. The van der Waals surface area contributed by atoms with E-state index >= 15 is 0 Å². The van der Waals surface area contributed by atoms with E-state index in [0.29, 0.717) is 33.9 Å². The van der Waals surface area contributed by atoms with Crippen LogP contribution in [0.5, 0.6) is 0 Å². The Kier molecular flexibility index (Phi) is 34.8. The average molecular weight is 969 g/mol. The fourth-order valence-corrected chi connectivity index (χ4v) is 5.41. The minimum Gasteiger partial charge on any atom is -0.355 e. The van der Waals surface area contributed by atoms with E-state index in [2.05, 4.69) is 130 Å². The summed E-state index contributed by atoms with van der Waals surface area (Å²) in [4.78, 5) is 57.3. The highest BCUT2D eigenvalue weighted by Crippen LogP contribution is 2.24. The summed E-state index contributed by atoms with van der Waals surface area (Å²) >= 11 is 0. The Balaban J connectivity index is -0.000000245. The lowest BCUT2D eigenvalue weighted by atomic mass is 9.86. The molecule has 0 spiro atoms. The number of rotatable bonds is 14. The smallest absolute Gasteiger partial charge is 0.229 e. The standard InChI is InChI=1S/C14H28O.C13H27NO.C11H22N2O2.C10H21NO.C10H23N/c1-13(2,3)11-9-7-8-10-12(15)14(4,5)6;1-12(2,3)10-8-7-9-11(15)14-13(4,5)6;1-10(2,3)12-8(14)7-9(15)13-11(4,5)6;1-9(2,3)7-11-8(12)10(4,5)6;1-9(2,3)7-11-8-10(4,5)6/h7-11H2,1-6H3;7-10H2,1-6H3,(H,14,15);7H2,1-6H3,(H,12,14)(H,13,15);7H2,1-6H3,(H,11,12);11H,7-8H2,1-6H3. The fraction of sp³-hybridized carbons (Fsp3) is 0.914. The van der Waals surface area contributed by atoms with E-state index in [4.69, 9.17) is 0 Å². The summed E-state index contributed by atoms with van der Waals surface area (Å²) in [6.07, 6.45) is 9.40. The summed E-state index contributed by atoms with van der Waals surface area (Å²) in [5, 5.41) is 14.8. The van der Waals surface area contributed by atoms with E-state index < -0.39 is 0 Å². The van der Waals surface area contributed by atoms with Crippen LogP contribution in [0.4, 0.5) is 0 Å². The van der Waals surface area contributed by atoms with Crippen LogP contribution in [0.15, 0.2) is 0 Å². The third-order valence-electron chi connectivity index (χ3n) is 8.88. The molecule has 10 nitrogen and oxygen atoms in total. The Morgan fingerprint density at radius 2 is 0.632 bits per heavy atom. The van der Waals surface area contributed by atoms with Crippen molar-refractivity contribution in [1.82, 2.24) is 26.6 Å². The third kappa shape index (κ3) is 70.1. The number of unbranched alkanes of at least 4 members (excludes halogenated alkanes) is 3. The SMILES string of the molecule is CC(C)(C)CCCCC(=O)NC(C)(C)C.CC(C)(C)CCCCCC(=O)C(C)(C)C.CC(C)(C)CNC(=O)C(C)(C)C.CC(C)(C)CNCC(C)(C)C.CC(C)(C)NC(=O)CC(=O)NC(C)(C)C. The van der Waals surface area contributed by atoms with Gasteiger partial charge >= 0.3 is 0 Å². The van der Waals surface area contributed by atoms with E-state index in [1.165, 1.54) is 25.7 Å². The van der Waals surface area contributed by atoms with Gasteiger partial charge in [-0.3, -0.25) is 24.0 Å². The molecule has 0 heterocycles. The van der Waals surface area contributed by atoms with Crippen LogP contribution in [0.1, 0.15) is 272 Å². The van der Waals surface area contributed by atoms with E-state index in [-0.39, 0.29) is 62.9 Å². The van der Waals surface area contributed by atoms with Crippen molar-refractivity contribution >= 4 is 29.4 Å². The second kappa shape index (κ2) is 31.8. The second-order valence-corrected chi connectivity index (χ2v) is 30.4. The molecule has 0 bridgehead atoms. The van der Waals surface area contributed by atoms with E-state index in [1.807, 2.05) is 104 Å². The van der Waals surface area contributed by atoms with Gasteiger partial charge in [0.05, 0.1) is 0 Å². The lowest BCUT2D eigenvalue weighted by Gasteiger charge is -2.24. The molecule has 0 aliphatic rings. The first-order valence-corrected chi connectivity index (χ1v) is 26.0. The van der Waals surface area contributed by atoms with Crippen LogP contribution in [0.3, 0.4) is 0 Å². The minimum absolute atomic E-state index is 0.0961. The van der Waals surface area contributed by atoms with Crippen molar-refractivity contribution in [1.29, 1.82) is 0 Å². The zero-order chi connectivity index (χ0) is 55.6. The zero-order valence-electron chi connectivity index (χ0n) is 51.2. The van der Waals surface area contributed by atoms with Crippen LogP contribution in [-0.2, 0) is 24.0 Å². The van der Waals surface area contributed by atoms with Crippen molar-refractivity contribution < 1.29 is 24.0 Å². The molecule has 0 saturated carbocycles. The van der Waals surface area contributed by atoms with Gasteiger partial charge in [0.25, 0.3) is 0 Å². The Labute approximate surface area is 424 Å². The fourth-order valence-electron chi connectivity index (χ4n) is 5.41. The molecule has 408 valence electrons. The highest BCUT2D eigenvalue weighted by molar-refractivity contribution is 5.97. The molecule has 0 saturated heterocycles. The predicted octanol–water partition coefficient (Wildman–Crippen LogP) is 14.2. The Morgan fingerprint density at radius 3 is 0.912 bits per heavy atom. The van der Waals surface area contributed by atoms with Crippen LogP contribution in [0, 0.1) is 37.9 Å². The van der Waals surface area contributed by atoms with Gasteiger partial charge in [-0.1, -0.05) is 165 Å². The van der Waals surface area contributed by atoms with Crippen molar-refractivity contribution in [3.05, 3.63) is 0 Å². The molecule has 0 aliphatic carbocycles. The summed E-state index contributed by atoms with van der Waals surface area (Å²) in [7, 11) is 0. The summed E-state index contributed by atoms with van der Waals surface area (Å²) in [6, 6.07) is 0. The van der Waals surface area contributed by atoms with Crippen molar-refractivity contribution in [3.8, 4) is 0 Å². The maximum absolute atomic E-state index is 11.6. The summed E-state index contributed by atoms with van der Waals surface area (Å²) < 4.78 is 0.